The molecule has 68 valence electrons. The molecule has 0 aliphatic rings. The maximum absolute atomic E-state index is 5.32. The number of oxazole rings is 1. The lowest BCUT2D eigenvalue weighted by atomic mass is 10.6. The van der Waals surface area contributed by atoms with Crippen molar-refractivity contribution in [2.24, 2.45) is 0 Å². The van der Waals surface area contributed by atoms with E-state index in [0.29, 0.717) is 17.2 Å². The van der Waals surface area contributed by atoms with Crippen LogP contribution in [0.1, 0.15) is 11.7 Å². The largest absolute Gasteiger partial charge is 0.444 e. The van der Waals surface area contributed by atoms with Gasteiger partial charge in [0.25, 0.3) is 0 Å². The smallest absolute Gasteiger partial charge is 0.214 e. The zero-order valence-electron chi connectivity index (χ0n) is 7.15. The highest BCUT2D eigenvalue weighted by molar-refractivity contribution is 7.71. The van der Waals surface area contributed by atoms with Gasteiger partial charge in [0.15, 0.2) is 4.77 Å². The van der Waals surface area contributed by atoms with Crippen LogP contribution in [-0.4, -0.2) is 14.5 Å². The average molecular weight is 195 g/mol. The lowest BCUT2D eigenvalue weighted by molar-refractivity contribution is 0.456. The third-order valence-corrected chi connectivity index (χ3v) is 2.05. The molecule has 0 fully saturated rings. The third kappa shape index (κ3) is 1.70. The first-order valence-corrected chi connectivity index (χ1v) is 4.31. The lowest BCUT2D eigenvalue weighted by Crippen LogP contribution is -1.97. The van der Waals surface area contributed by atoms with Crippen LogP contribution in [0.25, 0.3) is 0 Å². The maximum Gasteiger partial charge on any atom is 0.214 e. The highest BCUT2D eigenvalue weighted by Gasteiger charge is 2.01. The molecule has 1 N–H and O–H groups in total. The molecule has 2 aromatic rings. The van der Waals surface area contributed by atoms with Crippen LogP contribution < -0.4 is 0 Å². The number of hydrogen-bond donors (Lipinski definition) is 1. The summed E-state index contributed by atoms with van der Waals surface area (Å²) in [5, 5.41) is 0. The molecule has 0 bridgehead atoms. The monoisotopic (exact) mass is 195 g/mol. The van der Waals surface area contributed by atoms with E-state index >= 15 is 0 Å². The number of imidazole rings is 1. The van der Waals surface area contributed by atoms with Gasteiger partial charge in [0.2, 0.25) is 5.89 Å². The molecule has 0 aromatic carbocycles. The van der Waals surface area contributed by atoms with Crippen LogP contribution in [0.4, 0.5) is 0 Å². The van der Waals surface area contributed by atoms with Gasteiger partial charge in [-0.1, -0.05) is 0 Å². The van der Waals surface area contributed by atoms with Crippen molar-refractivity contribution >= 4 is 12.2 Å². The Kier molecular flexibility index (Phi) is 2.02. The summed E-state index contributed by atoms with van der Waals surface area (Å²) in [5.41, 5.74) is 0. The Bertz CT molecular complexity index is 454. The maximum atomic E-state index is 5.32. The number of rotatable bonds is 2. The molecule has 0 radical (unpaired) electrons. The topological polar surface area (TPSA) is 46.8 Å². The second kappa shape index (κ2) is 3.18. The molecule has 5 heteroatoms. The molecule has 2 heterocycles. The van der Waals surface area contributed by atoms with E-state index in [1.54, 1.807) is 12.4 Å². The summed E-state index contributed by atoms with van der Waals surface area (Å²) in [4.78, 5) is 6.99. The number of aromatic amines is 1. The minimum absolute atomic E-state index is 0.580. The Balaban J connectivity index is 2.24. The van der Waals surface area contributed by atoms with Crippen LogP contribution >= 0.6 is 12.2 Å². The molecule has 0 amide bonds. The second-order valence-corrected chi connectivity index (χ2v) is 3.14. The van der Waals surface area contributed by atoms with Crippen molar-refractivity contribution in [3.63, 3.8) is 0 Å². The van der Waals surface area contributed by atoms with Crippen molar-refractivity contribution in [1.82, 2.24) is 14.5 Å². The van der Waals surface area contributed by atoms with Gasteiger partial charge >= 0.3 is 0 Å². The number of aryl methyl sites for hydroxylation is 1. The van der Waals surface area contributed by atoms with Crippen molar-refractivity contribution < 1.29 is 4.42 Å². The van der Waals surface area contributed by atoms with Crippen molar-refractivity contribution in [3.8, 4) is 0 Å². The first kappa shape index (κ1) is 8.25. The average Bonchev–Trinajstić information content (AvgIpc) is 2.64. The van der Waals surface area contributed by atoms with Gasteiger partial charge in [-0.3, -0.25) is 0 Å². The first-order chi connectivity index (χ1) is 6.25. The zero-order chi connectivity index (χ0) is 9.26. The summed E-state index contributed by atoms with van der Waals surface area (Å²) >= 11 is 5.03. The number of hydrogen-bond acceptors (Lipinski definition) is 3. The second-order valence-electron chi connectivity index (χ2n) is 2.76. The highest BCUT2D eigenvalue weighted by atomic mass is 32.1. The van der Waals surface area contributed by atoms with E-state index in [1.165, 1.54) is 0 Å². The van der Waals surface area contributed by atoms with Crippen LogP contribution in [0.3, 0.4) is 0 Å². The van der Waals surface area contributed by atoms with Crippen LogP contribution in [0.15, 0.2) is 23.0 Å². The molecule has 2 rings (SSSR count). The number of nitrogens with zero attached hydrogens (tertiary/aromatic N) is 2. The molecule has 0 atom stereocenters. The number of aromatic nitrogens is 3. The zero-order valence-corrected chi connectivity index (χ0v) is 7.97. The minimum atomic E-state index is 0.580. The van der Waals surface area contributed by atoms with Crippen LogP contribution in [0, 0.1) is 11.7 Å². The Morgan fingerprint density at radius 2 is 2.54 bits per heavy atom. The molecular weight excluding hydrogens is 186 g/mol. The van der Waals surface area contributed by atoms with Crippen molar-refractivity contribution in [1.29, 1.82) is 0 Å². The van der Waals surface area contributed by atoms with Crippen molar-refractivity contribution in [2.45, 2.75) is 13.5 Å². The summed E-state index contributed by atoms with van der Waals surface area (Å²) in [7, 11) is 0. The van der Waals surface area contributed by atoms with E-state index in [0.717, 1.165) is 5.76 Å². The molecular formula is C8H9N3OS. The van der Waals surface area contributed by atoms with E-state index in [9.17, 15) is 0 Å². The molecule has 0 aliphatic carbocycles. The van der Waals surface area contributed by atoms with Gasteiger partial charge < -0.3 is 14.0 Å². The number of H-pyrrole nitrogens is 1. The molecule has 2 aromatic heterocycles. The molecule has 0 saturated carbocycles. The fourth-order valence-corrected chi connectivity index (χ4v) is 1.29. The van der Waals surface area contributed by atoms with Crippen LogP contribution in [0.2, 0.25) is 0 Å². The van der Waals surface area contributed by atoms with Crippen molar-refractivity contribution in [2.75, 3.05) is 0 Å². The highest BCUT2D eigenvalue weighted by Crippen LogP contribution is 2.04. The van der Waals surface area contributed by atoms with Crippen LogP contribution in [0.5, 0.6) is 0 Å². The summed E-state index contributed by atoms with van der Waals surface area (Å²) in [6.07, 6.45) is 5.35. The SMILES string of the molecule is Cc1cnc(Cn2cc[nH]c2=S)o1. The Morgan fingerprint density at radius 1 is 1.69 bits per heavy atom. The predicted octanol–water partition coefficient (Wildman–Crippen LogP) is 1.89. The van der Waals surface area contributed by atoms with E-state index in [-0.39, 0.29) is 0 Å². The van der Waals surface area contributed by atoms with E-state index in [4.69, 9.17) is 16.6 Å². The summed E-state index contributed by atoms with van der Waals surface area (Å²) in [6, 6.07) is 0. The molecule has 0 spiro atoms. The van der Waals surface area contributed by atoms with Gasteiger partial charge in [-0.25, -0.2) is 4.98 Å². The Hall–Kier alpha value is -1.36. The van der Waals surface area contributed by atoms with Gasteiger partial charge in [-0.05, 0) is 19.1 Å². The predicted molar refractivity (Wildman–Crippen MR) is 50.0 cm³/mol. The fourth-order valence-electron chi connectivity index (χ4n) is 1.09. The lowest BCUT2D eigenvalue weighted by Gasteiger charge is -1.95. The quantitative estimate of drug-likeness (QED) is 0.744. The molecule has 13 heavy (non-hydrogen) atoms. The Morgan fingerprint density at radius 3 is 3.08 bits per heavy atom. The fraction of sp³-hybridized carbons (Fsp3) is 0.250. The molecule has 0 unspecified atom stereocenters. The van der Waals surface area contributed by atoms with Gasteiger partial charge in [0.1, 0.15) is 12.3 Å². The van der Waals surface area contributed by atoms with E-state index < -0.39 is 0 Å². The van der Waals surface area contributed by atoms with Crippen molar-refractivity contribution in [3.05, 3.63) is 35.0 Å². The minimum Gasteiger partial charge on any atom is -0.444 e. The van der Waals surface area contributed by atoms with Gasteiger partial charge in [0.05, 0.1) is 6.20 Å². The van der Waals surface area contributed by atoms with E-state index in [1.807, 2.05) is 17.7 Å². The standard InChI is InChI=1S/C8H9N3OS/c1-6-4-10-7(12-6)5-11-3-2-9-8(11)13/h2-4H,5H2,1H3,(H,9,13). The Labute approximate surface area is 80.2 Å². The molecule has 0 saturated heterocycles. The van der Waals surface area contributed by atoms with E-state index in [2.05, 4.69) is 9.97 Å². The van der Waals surface area contributed by atoms with Crippen LogP contribution in [-0.2, 0) is 6.54 Å². The molecule has 0 aliphatic heterocycles. The summed E-state index contributed by atoms with van der Waals surface area (Å²) in [6.45, 7) is 2.45. The summed E-state index contributed by atoms with van der Waals surface area (Å²) < 4.78 is 7.86. The molecule has 4 nitrogen and oxygen atoms in total. The van der Waals surface area contributed by atoms with Gasteiger partial charge in [-0.2, -0.15) is 0 Å². The number of nitrogens with one attached hydrogen (secondary N) is 1. The van der Waals surface area contributed by atoms with Gasteiger partial charge in [0, 0.05) is 12.4 Å². The summed E-state index contributed by atoms with van der Waals surface area (Å²) in [5.74, 6) is 1.49. The van der Waals surface area contributed by atoms with Gasteiger partial charge in [-0.15, -0.1) is 0 Å². The first-order valence-electron chi connectivity index (χ1n) is 3.91. The third-order valence-electron chi connectivity index (χ3n) is 1.70. The normalized spacial score (nSPS) is 10.5.